The zero-order valence-corrected chi connectivity index (χ0v) is 15.5. The van der Waals surface area contributed by atoms with E-state index in [4.69, 9.17) is 14.2 Å². The number of nitrogens with zero attached hydrogens (tertiary/aromatic N) is 1. The van der Waals surface area contributed by atoms with E-state index in [0.29, 0.717) is 22.6 Å². The summed E-state index contributed by atoms with van der Waals surface area (Å²) in [5, 5.41) is 3.91. The highest BCUT2D eigenvalue weighted by atomic mass is 19.1. The monoisotopic (exact) mass is 406 g/mol. The molecule has 0 saturated heterocycles. The van der Waals surface area contributed by atoms with E-state index in [-0.39, 0.29) is 18.1 Å². The van der Waals surface area contributed by atoms with E-state index in [0.717, 1.165) is 0 Å². The van der Waals surface area contributed by atoms with Gasteiger partial charge in [0.1, 0.15) is 11.6 Å². The minimum atomic E-state index is -0.787. The Morgan fingerprint density at radius 3 is 2.57 bits per heavy atom. The first kappa shape index (κ1) is 19.1. The number of nitrogens with one attached hydrogen (secondary N) is 1. The fraction of sp³-hybridized carbons (Fsp3) is 0.0455. The molecule has 0 bridgehead atoms. The Bertz CT molecular complexity index is 1130. The van der Waals surface area contributed by atoms with Crippen LogP contribution in [0.2, 0.25) is 0 Å². The molecule has 7 nitrogen and oxygen atoms in total. The number of fused-ring (bicyclic) bond motifs is 1. The molecule has 0 saturated carbocycles. The van der Waals surface area contributed by atoms with Crippen LogP contribution in [0.1, 0.15) is 26.3 Å². The van der Waals surface area contributed by atoms with Gasteiger partial charge in [0.05, 0.1) is 11.8 Å². The van der Waals surface area contributed by atoms with Crippen molar-refractivity contribution in [1.29, 1.82) is 0 Å². The maximum absolute atomic E-state index is 13.6. The van der Waals surface area contributed by atoms with Crippen LogP contribution >= 0.6 is 0 Å². The number of hydrogen-bond donors (Lipinski definition) is 1. The lowest BCUT2D eigenvalue weighted by Crippen LogP contribution is -2.17. The van der Waals surface area contributed by atoms with Crippen LogP contribution in [0.25, 0.3) is 0 Å². The highest BCUT2D eigenvalue weighted by molar-refractivity contribution is 5.95. The highest BCUT2D eigenvalue weighted by Crippen LogP contribution is 2.32. The normalized spacial score (nSPS) is 12.0. The molecule has 0 radical (unpaired) electrons. The third kappa shape index (κ3) is 4.27. The second kappa shape index (κ2) is 8.44. The zero-order valence-electron chi connectivity index (χ0n) is 15.5. The number of carbonyl (C=O) groups excluding carboxylic acids is 2. The fourth-order valence-corrected chi connectivity index (χ4v) is 2.68. The van der Waals surface area contributed by atoms with E-state index in [1.54, 1.807) is 48.5 Å². The Balaban J connectivity index is 1.34. The molecular weight excluding hydrogens is 391 g/mol. The lowest BCUT2D eigenvalue weighted by atomic mass is 10.2. The minimum absolute atomic E-state index is 0.129. The zero-order chi connectivity index (χ0) is 20.9. The van der Waals surface area contributed by atoms with Gasteiger partial charge in [0.15, 0.2) is 11.5 Å². The summed E-state index contributed by atoms with van der Waals surface area (Å²) in [6.07, 6.45) is 1.44. The number of hydrogen-bond acceptors (Lipinski definition) is 6. The van der Waals surface area contributed by atoms with E-state index in [9.17, 15) is 14.0 Å². The number of ether oxygens (including phenoxy) is 3. The molecule has 3 aromatic carbocycles. The third-order valence-corrected chi connectivity index (χ3v) is 4.20. The topological polar surface area (TPSA) is 86.2 Å². The van der Waals surface area contributed by atoms with Crippen molar-refractivity contribution in [2.75, 3.05) is 6.79 Å². The Morgan fingerprint density at radius 1 is 1.00 bits per heavy atom. The Morgan fingerprint density at radius 2 is 1.77 bits per heavy atom. The van der Waals surface area contributed by atoms with Gasteiger partial charge in [-0.05, 0) is 60.2 Å². The Kier molecular flexibility index (Phi) is 5.38. The van der Waals surface area contributed by atoms with Gasteiger partial charge < -0.3 is 14.2 Å². The van der Waals surface area contributed by atoms with E-state index in [1.165, 1.54) is 24.4 Å². The molecule has 0 atom stereocenters. The summed E-state index contributed by atoms with van der Waals surface area (Å²) in [6, 6.07) is 16.8. The summed E-state index contributed by atoms with van der Waals surface area (Å²) < 4.78 is 29.2. The molecule has 150 valence electrons. The first-order valence-corrected chi connectivity index (χ1v) is 8.90. The number of benzene rings is 3. The van der Waals surface area contributed by atoms with E-state index < -0.39 is 17.7 Å². The molecule has 0 fully saturated rings. The van der Waals surface area contributed by atoms with Crippen LogP contribution in [-0.2, 0) is 0 Å². The molecule has 1 aliphatic heterocycles. The average Bonchev–Trinajstić information content (AvgIpc) is 3.23. The predicted octanol–water partition coefficient (Wildman–Crippen LogP) is 3.54. The number of amides is 1. The van der Waals surface area contributed by atoms with Crippen molar-refractivity contribution < 1.29 is 28.2 Å². The van der Waals surface area contributed by atoms with Gasteiger partial charge in [-0.2, -0.15) is 5.10 Å². The van der Waals surface area contributed by atoms with E-state index in [1.807, 2.05) is 0 Å². The average molecular weight is 406 g/mol. The first-order chi connectivity index (χ1) is 14.6. The molecular formula is C22H15FN2O5. The van der Waals surface area contributed by atoms with Crippen LogP contribution in [0.3, 0.4) is 0 Å². The summed E-state index contributed by atoms with van der Waals surface area (Å²) in [5.41, 5.74) is 3.32. The maximum Gasteiger partial charge on any atom is 0.346 e. The molecule has 0 aromatic heterocycles. The molecule has 8 heteroatoms. The summed E-state index contributed by atoms with van der Waals surface area (Å²) in [5.74, 6) is -0.488. The standard InChI is InChI=1S/C22H15FN2O5/c23-18-4-2-1-3-17(18)22(27)30-16-8-5-14(6-9-16)12-24-25-21(26)15-7-10-19-20(11-15)29-13-28-19/h1-12H,13H2,(H,25,26)/b24-12-. The van der Waals surface area contributed by atoms with Gasteiger partial charge >= 0.3 is 5.97 Å². The molecule has 0 aliphatic carbocycles. The van der Waals surface area contributed by atoms with Crippen LogP contribution in [-0.4, -0.2) is 24.9 Å². The van der Waals surface area contributed by atoms with Crippen LogP contribution in [0.4, 0.5) is 4.39 Å². The van der Waals surface area contributed by atoms with Crippen molar-refractivity contribution in [3.8, 4) is 17.2 Å². The van der Waals surface area contributed by atoms with Crippen LogP contribution in [0.15, 0.2) is 71.8 Å². The van der Waals surface area contributed by atoms with Gasteiger partial charge in [-0.3, -0.25) is 4.79 Å². The van der Waals surface area contributed by atoms with Crippen LogP contribution < -0.4 is 19.6 Å². The Hall–Kier alpha value is -4.20. The number of rotatable bonds is 5. The molecule has 0 spiro atoms. The lowest BCUT2D eigenvalue weighted by molar-refractivity contribution is 0.0729. The van der Waals surface area contributed by atoms with E-state index >= 15 is 0 Å². The van der Waals surface area contributed by atoms with Crippen molar-refractivity contribution >= 4 is 18.1 Å². The van der Waals surface area contributed by atoms with Crippen molar-refractivity contribution in [3.05, 3.63) is 89.2 Å². The number of esters is 1. The summed E-state index contributed by atoms with van der Waals surface area (Å²) in [4.78, 5) is 24.2. The molecule has 1 N–H and O–H groups in total. The quantitative estimate of drug-likeness (QED) is 0.303. The number of carbonyl (C=O) groups is 2. The maximum atomic E-state index is 13.6. The van der Waals surface area contributed by atoms with Crippen molar-refractivity contribution in [1.82, 2.24) is 5.43 Å². The molecule has 30 heavy (non-hydrogen) atoms. The van der Waals surface area contributed by atoms with Gasteiger partial charge in [-0.25, -0.2) is 14.6 Å². The second-order valence-electron chi connectivity index (χ2n) is 6.21. The summed E-state index contributed by atoms with van der Waals surface area (Å²) in [6.45, 7) is 0.129. The molecule has 0 unspecified atom stereocenters. The largest absolute Gasteiger partial charge is 0.454 e. The number of halogens is 1. The summed E-state index contributed by atoms with van der Waals surface area (Å²) >= 11 is 0. The molecule has 1 aliphatic rings. The van der Waals surface area contributed by atoms with Crippen LogP contribution in [0.5, 0.6) is 17.2 Å². The molecule has 3 aromatic rings. The first-order valence-electron chi connectivity index (χ1n) is 8.90. The van der Waals surface area contributed by atoms with Crippen molar-refractivity contribution in [2.45, 2.75) is 0 Å². The predicted molar refractivity (Wildman–Crippen MR) is 105 cm³/mol. The van der Waals surface area contributed by atoms with Crippen molar-refractivity contribution in [3.63, 3.8) is 0 Å². The van der Waals surface area contributed by atoms with Gasteiger partial charge in [0.25, 0.3) is 5.91 Å². The van der Waals surface area contributed by atoms with Crippen LogP contribution in [0, 0.1) is 5.82 Å². The third-order valence-electron chi connectivity index (χ3n) is 4.20. The SMILES string of the molecule is O=C(N/N=C\c1ccc(OC(=O)c2ccccc2F)cc1)c1ccc2c(c1)OCO2. The van der Waals surface area contributed by atoms with Gasteiger partial charge in [-0.15, -0.1) is 0 Å². The van der Waals surface area contributed by atoms with Gasteiger partial charge in [-0.1, -0.05) is 12.1 Å². The van der Waals surface area contributed by atoms with E-state index in [2.05, 4.69) is 10.5 Å². The smallest absolute Gasteiger partial charge is 0.346 e. The second-order valence-corrected chi connectivity index (χ2v) is 6.21. The minimum Gasteiger partial charge on any atom is -0.454 e. The van der Waals surface area contributed by atoms with Gasteiger partial charge in [0, 0.05) is 5.56 Å². The summed E-state index contributed by atoms with van der Waals surface area (Å²) in [7, 11) is 0. The molecule has 4 rings (SSSR count). The molecule has 1 heterocycles. The molecule has 1 amide bonds. The Labute approximate surface area is 170 Å². The number of hydrazone groups is 1. The van der Waals surface area contributed by atoms with Gasteiger partial charge in [0.2, 0.25) is 6.79 Å². The highest BCUT2D eigenvalue weighted by Gasteiger charge is 2.16. The lowest BCUT2D eigenvalue weighted by Gasteiger charge is -2.05. The van der Waals surface area contributed by atoms with Crippen molar-refractivity contribution in [2.24, 2.45) is 5.10 Å². The fourth-order valence-electron chi connectivity index (χ4n) is 2.68.